The first kappa shape index (κ1) is 13.9. The summed E-state index contributed by atoms with van der Waals surface area (Å²) in [6.07, 6.45) is 1.47. The average Bonchev–Trinajstić information content (AvgIpc) is 2.62. The highest BCUT2D eigenvalue weighted by molar-refractivity contribution is 6.36. The Morgan fingerprint density at radius 3 is 2.42 bits per heavy atom. The lowest BCUT2D eigenvalue weighted by Gasteiger charge is -2.24. The van der Waals surface area contributed by atoms with Crippen LogP contribution >= 0.6 is 11.6 Å². The normalized spacial score (nSPS) is 18.2. The van der Waals surface area contributed by atoms with E-state index in [2.05, 4.69) is 0 Å². The molecule has 2 amide bonds. The Morgan fingerprint density at radius 1 is 1.32 bits per heavy atom. The average molecular weight is 282 g/mol. The molecule has 1 aromatic rings. The van der Waals surface area contributed by atoms with Crippen molar-refractivity contribution in [3.05, 3.63) is 23.2 Å². The summed E-state index contributed by atoms with van der Waals surface area (Å²) in [5, 5.41) is 9.53. The quantitative estimate of drug-likeness (QED) is 0.866. The molecule has 0 saturated carbocycles. The minimum Gasteiger partial charge on any atom is -0.508 e. The largest absolute Gasteiger partial charge is 0.508 e. The number of carbonyl (C=O) groups is 2. The third kappa shape index (κ3) is 2.10. The standard InChI is InChI=1S/C14H16ClNO3/c1-3-14(4-2)8-12(18)16(13(14)19)11-6-5-9(17)7-10(11)15/h5-7,17H,3-4,8H2,1-2H3. The second-order valence-corrected chi connectivity index (χ2v) is 5.24. The predicted molar refractivity (Wildman–Crippen MR) is 73.2 cm³/mol. The fraction of sp³-hybridized carbons (Fsp3) is 0.429. The summed E-state index contributed by atoms with van der Waals surface area (Å²) in [6, 6.07) is 4.24. The topological polar surface area (TPSA) is 57.6 Å². The zero-order valence-electron chi connectivity index (χ0n) is 10.9. The lowest BCUT2D eigenvalue weighted by Crippen LogP contribution is -2.35. The van der Waals surface area contributed by atoms with Crippen LogP contribution in [-0.2, 0) is 9.59 Å². The van der Waals surface area contributed by atoms with E-state index in [-0.39, 0.29) is 29.0 Å². The van der Waals surface area contributed by atoms with Crippen molar-refractivity contribution in [2.45, 2.75) is 33.1 Å². The van der Waals surface area contributed by atoms with E-state index in [9.17, 15) is 14.7 Å². The number of halogens is 1. The Kier molecular flexibility index (Phi) is 3.54. The van der Waals surface area contributed by atoms with Gasteiger partial charge in [0.15, 0.2) is 0 Å². The van der Waals surface area contributed by atoms with Gasteiger partial charge in [0.2, 0.25) is 11.8 Å². The molecule has 0 atom stereocenters. The van der Waals surface area contributed by atoms with Crippen LogP contribution in [0.5, 0.6) is 5.75 Å². The zero-order valence-corrected chi connectivity index (χ0v) is 11.7. The molecule has 1 saturated heterocycles. The fourth-order valence-corrected chi connectivity index (χ4v) is 2.78. The van der Waals surface area contributed by atoms with Crippen molar-refractivity contribution in [1.82, 2.24) is 0 Å². The van der Waals surface area contributed by atoms with E-state index in [0.717, 1.165) is 4.90 Å². The molecule has 0 aromatic heterocycles. The number of aromatic hydroxyl groups is 1. The molecule has 1 fully saturated rings. The highest BCUT2D eigenvalue weighted by Crippen LogP contribution is 2.43. The number of benzene rings is 1. The van der Waals surface area contributed by atoms with Crippen LogP contribution in [0.15, 0.2) is 18.2 Å². The molecule has 1 aliphatic heterocycles. The van der Waals surface area contributed by atoms with Crippen molar-refractivity contribution >= 4 is 29.1 Å². The van der Waals surface area contributed by atoms with E-state index in [1.54, 1.807) is 0 Å². The van der Waals surface area contributed by atoms with Crippen LogP contribution in [0, 0.1) is 5.41 Å². The summed E-state index contributed by atoms with van der Waals surface area (Å²) >= 11 is 6.01. The molecule has 5 heteroatoms. The summed E-state index contributed by atoms with van der Waals surface area (Å²) in [4.78, 5) is 25.8. The number of phenols is 1. The molecule has 2 rings (SSSR count). The smallest absolute Gasteiger partial charge is 0.240 e. The van der Waals surface area contributed by atoms with Crippen molar-refractivity contribution in [1.29, 1.82) is 0 Å². The number of rotatable bonds is 3. The molecule has 0 radical (unpaired) electrons. The Balaban J connectivity index is 2.46. The number of hydrogen-bond acceptors (Lipinski definition) is 3. The maximum atomic E-state index is 12.5. The molecule has 4 nitrogen and oxygen atoms in total. The first-order valence-corrected chi connectivity index (χ1v) is 6.69. The minimum absolute atomic E-state index is 0.00471. The van der Waals surface area contributed by atoms with E-state index in [4.69, 9.17) is 11.6 Å². The number of imide groups is 1. The summed E-state index contributed by atoms with van der Waals surface area (Å²) in [5.74, 6) is -0.429. The van der Waals surface area contributed by atoms with E-state index < -0.39 is 5.41 Å². The van der Waals surface area contributed by atoms with Gasteiger partial charge < -0.3 is 5.11 Å². The Hall–Kier alpha value is -1.55. The van der Waals surface area contributed by atoms with E-state index >= 15 is 0 Å². The monoisotopic (exact) mass is 281 g/mol. The number of phenolic OH excluding ortho intramolecular Hbond substituents is 1. The molecule has 1 aromatic carbocycles. The van der Waals surface area contributed by atoms with Gasteiger partial charge in [-0.3, -0.25) is 9.59 Å². The van der Waals surface area contributed by atoms with Crippen LogP contribution < -0.4 is 4.90 Å². The second-order valence-electron chi connectivity index (χ2n) is 4.83. The lowest BCUT2D eigenvalue weighted by atomic mass is 9.81. The third-order valence-corrected chi connectivity index (χ3v) is 4.22. The predicted octanol–water partition coefficient (Wildman–Crippen LogP) is 3.12. The van der Waals surface area contributed by atoms with E-state index in [0.29, 0.717) is 18.5 Å². The first-order valence-electron chi connectivity index (χ1n) is 6.31. The van der Waals surface area contributed by atoms with Gasteiger partial charge in [-0.2, -0.15) is 0 Å². The van der Waals surface area contributed by atoms with Crippen molar-refractivity contribution in [2.75, 3.05) is 4.90 Å². The minimum atomic E-state index is -0.613. The van der Waals surface area contributed by atoms with Crippen LogP contribution in [-0.4, -0.2) is 16.9 Å². The van der Waals surface area contributed by atoms with Crippen LogP contribution in [0.25, 0.3) is 0 Å². The van der Waals surface area contributed by atoms with Gasteiger partial charge in [-0.05, 0) is 25.0 Å². The molecule has 1 heterocycles. The van der Waals surface area contributed by atoms with Gasteiger partial charge in [0.1, 0.15) is 5.75 Å². The Morgan fingerprint density at radius 2 is 1.95 bits per heavy atom. The maximum absolute atomic E-state index is 12.5. The van der Waals surface area contributed by atoms with E-state index in [1.165, 1.54) is 18.2 Å². The molecule has 0 unspecified atom stereocenters. The van der Waals surface area contributed by atoms with Crippen LogP contribution in [0.2, 0.25) is 5.02 Å². The molecular formula is C14H16ClNO3. The zero-order chi connectivity index (χ0) is 14.2. The Labute approximate surface area is 117 Å². The molecule has 19 heavy (non-hydrogen) atoms. The van der Waals surface area contributed by atoms with Gasteiger partial charge in [-0.15, -0.1) is 0 Å². The highest BCUT2D eigenvalue weighted by atomic mass is 35.5. The van der Waals surface area contributed by atoms with Crippen molar-refractivity contribution in [3.63, 3.8) is 0 Å². The van der Waals surface area contributed by atoms with Crippen molar-refractivity contribution < 1.29 is 14.7 Å². The summed E-state index contributed by atoms with van der Waals surface area (Å²) < 4.78 is 0. The molecular weight excluding hydrogens is 266 g/mol. The summed E-state index contributed by atoms with van der Waals surface area (Å²) in [7, 11) is 0. The van der Waals surface area contributed by atoms with E-state index in [1.807, 2.05) is 13.8 Å². The maximum Gasteiger partial charge on any atom is 0.240 e. The number of anilines is 1. The summed E-state index contributed by atoms with van der Waals surface area (Å²) in [6.45, 7) is 3.83. The Bertz CT molecular complexity index is 537. The molecule has 0 spiro atoms. The lowest BCUT2D eigenvalue weighted by molar-refractivity contribution is -0.126. The number of nitrogens with zero attached hydrogens (tertiary/aromatic N) is 1. The van der Waals surface area contributed by atoms with Gasteiger partial charge in [0.05, 0.1) is 16.1 Å². The van der Waals surface area contributed by atoms with Crippen LogP contribution in [0.1, 0.15) is 33.1 Å². The summed E-state index contributed by atoms with van der Waals surface area (Å²) in [5.41, 5.74) is -0.267. The van der Waals surface area contributed by atoms with Gasteiger partial charge in [-0.25, -0.2) is 4.90 Å². The molecule has 0 aliphatic carbocycles. The van der Waals surface area contributed by atoms with Crippen molar-refractivity contribution in [3.8, 4) is 5.75 Å². The molecule has 102 valence electrons. The molecule has 1 aliphatic rings. The highest BCUT2D eigenvalue weighted by Gasteiger charge is 2.50. The molecule has 1 N–H and O–H groups in total. The van der Waals surface area contributed by atoms with Crippen LogP contribution in [0.3, 0.4) is 0 Å². The number of carbonyl (C=O) groups excluding carboxylic acids is 2. The van der Waals surface area contributed by atoms with Gasteiger partial charge >= 0.3 is 0 Å². The van der Waals surface area contributed by atoms with Gasteiger partial charge in [0, 0.05) is 12.5 Å². The third-order valence-electron chi connectivity index (χ3n) is 3.92. The second kappa shape index (κ2) is 4.85. The first-order chi connectivity index (χ1) is 8.95. The van der Waals surface area contributed by atoms with Crippen molar-refractivity contribution in [2.24, 2.45) is 5.41 Å². The number of hydrogen-bond donors (Lipinski definition) is 1. The van der Waals surface area contributed by atoms with Crippen LogP contribution in [0.4, 0.5) is 5.69 Å². The van der Waals surface area contributed by atoms with Gasteiger partial charge in [0.25, 0.3) is 0 Å². The SMILES string of the molecule is CCC1(CC)CC(=O)N(c2ccc(O)cc2Cl)C1=O. The molecule has 0 bridgehead atoms. The fourth-order valence-electron chi connectivity index (χ4n) is 2.52. The van der Waals surface area contributed by atoms with Gasteiger partial charge in [-0.1, -0.05) is 25.4 Å². The number of amides is 2.